The average Bonchev–Trinajstić information content (AvgIpc) is 2.72. The van der Waals surface area contributed by atoms with E-state index in [0.29, 0.717) is 18.7 Å². The van der Waals surface area contributed by atoms with Crippen molar-refractivity contribution in [2.45, 2.75) is 58.8 Å². The number of nitriles is 1. The molecule has 0 unspecified atom stereocenters. The van der Waals surface area contributed by atoms with Crippen molar-refractivity contribution in [3.8, 4) is 6.07 Å². The third-order valence-electron chi connectivity index (χ3n) is 4.38. The van der Waals surface area contributed by atoms with Crippen LogP contribution in [-0.4, -0.2) is 41.3 Å². The molecule has 0 bridgehead atoms. The number of hydrogen-bond acceptors (Lipinski definition) is 5. The number of nitrogens with zero attached hydrogens (tertiary/aromatic N) is 3. The lowest BCUT2D eigenvalue weighted by molar-refractivity contribution is -0.130. The van der Waals surface area contributed by atoms with E-state index in [1.165, 1.54) is 0 Å². The topological polar surface area (TPSA) is 103 Å². The van der Waals surface area contributed by atoms with Crippen molar-refractivity contribution < 1.29 is 14.4 Å². The van der Waals surface area contributed by atoms with E-state index in [9.17, 15) is 14.4 Å². The number of amides is 2. The zero-order chi connectivity index (χ0) is 22.4. The first kappa shape index (κ1) is 25.5. The van der Waals surface area contributed by atoms with E-state index in [1.807, 2.05) is 0 Å². The molecular formula is C22H29BrN4O3. The summed E-state index contributed by atoms with van der Waals surface area (Å²) in [7, 11) is 0. The Morgan fingerprint density at radius 1 is 1.07 bits per heavy atom. The zero-order valence-electron chi connectivity index (χ0n) is 17.6. The third-order valence-corrected chi connectivity index (χ3v) is 4.91. The van der Waals surface area contributed by atoms with Crippen molar-refractivity contribution in [1.29, 1.82) is 5.26 Å². The van der Waals surface area contributed by atoms with E-state index in [4.69, 9.17) is 5.26 Å². The SMILES string of the molecule is CCCCN(CCCC)C(=O)C/C(CC(=O)c1ccc(Br)cc1)=N/NC(=O)CC#N. The molecular weight excluding hydrogens is 448 g/mol. The molecule has 7 nitrogen and oxygen atoms in total. The number of unbranched alkanes of at least 4 members (excludes halogenated alkanes) is 2. The second-order valence-corrected chi connectivity index (χ2v) is 7.84. The van der Waals surface area contributed by atoms with Gasteiger partial charge < -0.3 is 4.90 Å². The van der Waals surface area contributed by atoms with Gasteiger partial charge in [0.1, 0.15) is 6.42 Å². The van der Waals surface area contributed by atoms with Gasteiger partial charge in [-0.3, -0.25) is 14.4 Å². The highest BCUT2D eigenvalue weighted by Crippen LogP contribution is 2.13. The zero-order valence-corrected chi connectivity index (χ0v) is 19.2. The van der Waals surface area contributed by atoms with Gasteiger partial charge in [0.05, 0.1) is 24.6 Å². The number of Topliss-reactive ketones (excluding diaryl/α,β-unsaturated/α-hetero) is 1. The minimum Gasteiger partial charge on any atom is -0.342 e. The smallest absolute Gasteiger partial charge is 0.254 e. The average molecular weight is 477 g/mol. The predicted molar refractivity (Wildman–Crippen MR) is 120 cm³/mol. The van der Waals surface area contributed by atoms with Crippen molar-refractivity contribution >= 4 is 39.2 Å². The first-order valence-corrected chi connectivity index (χ1v) is 11.0. The minimum absolute atomic E-state index is 0.0530. The van der Waals surface area contributed by atoms with Gasteiger partial charge in [-0.15, -0.1) is 0 Å². The van der Waals surface area contributed by atoms with Crippen LogP contribution in [0.2, 0.25) is 0 Å². The fraction of sp³-hybridized carbons (Fsp3) is 0.500. The molecule has 0 atom stereocenters. The van der Waals surface area contributed by atoms with Crippen molar-refractivity contribution in [2.75, 3.05) is 13.1 Å². The highest BCUT2D eigenvalue weighted by atomic mass is 79.9. The second-order valence-electron chi connectivity index (χ2n) is 6.92. The van der Waals surface area contributed by atoms with Crippen LogP contribution < -0.4 is 5.43 Å². The van der Waals surface area contributed by atoms with Gasteiger partial charge in [0.25, 0.3) is 5.91 Å². The van der Waals surface area contributed by atoms with Crippen LogP contribution in [0, 0.1) is 11.3 Å². The standard InChI is InChI=1S/C22H29BrN4O3/c1-3-5-13-27(14-6-4-2)22(30)16-19(25-26-21(29)11-12-24)15-20(28)17-7-9-18(23)10-8-17/h7-10H,3-6,11,13-16H2,1-2H3,(H,26,29)/b25-19+. The van der Waals surface area contributed by atoms with Gasteiger partial charge >= 0.3 is 0 Å². The summed E-state index contributed by atoms with van der Waals surface area (Å²) in [6.45, 7) is 5.45. The third kappa shape index (κ3) is 9.79. The van der Waals surface area contributed by atoms with Gasteiger partial charge in [0, 0.05) is 23.1 Å². The summed E-state index contributed by atoms with van der Waals surface area (Å²) in [5.74, 6) is -0.890. The lowest BCUT2D eigenvalue weighted by Crippen LogP contribution is -2.35. The number of carbonyl (C=O) groups excluding carboxylic acids is 3. The van der Waals surface area contributed by atoms with Crippen LogP contribution >= 0.6 is 15.9 Å². The first-order valence-electron chi connectivity index (χ1n) is 10.2. The van der Waals surface area contributed by atoms with Crippen LogP contribution in [0.25, 0.3) is 0 Å². The fourth-order valence-corrected chi connectivity index (χ4v) is 2.93. The summed E-state index contributed by atoms with van der Waals surface area (Å²) < 4.78 is 0.856. The monoisotopic (exact) mass is 476 g/mol. The van der Waals surface area contributed by atoms with Gasteiger partial charge in [-0.2, -0.15) is 10.4 Å². The molecule has 1 rings (SSSR count). The van der Waals surface area contributed by atoms with Crippen molar-refractivity contribution in [1.82, 2.24) is 10.3 Å². The maximum Gasteiger partial charge on any atom is 0.254 e. The number of halogens is 1. The molecule has 162 valence electrons. The van der Waals surface area contributed by atoms with Crippen LogP contribution in [0.3, 0.4) is 0 Å². The first-order chi connectivity index (χ1) is 14.4. The molecule has 0 saturated carbocycles. The quantitative estimate of drug-likeness (QED) is 0.261. The molecule has 8 heteroatoms. The summed E-state index contributed by atoms with van der Waals surface area (Å²) in [6, 6.07) is 8.65. The second kappa shape index (κ2) is 14.5. The molecule has 2 amide bonds. The van der Waals surface area contributed by atoms with E-state index >= 15 is 0 Å². The number of hydrazone groups is 1. The predicted octanol–water partition coefficient (Wildman–Crippen LogP) is 4.23. The molecule has 30 heavy (non-hydrogen) atoms. The number of ketones is 1. The number of hydrogen-bond donors (Lipinski definition) is 1. The van der Waals surface area contributed by atoms with Gasteiger partial charge in [-0.25, -0.2) is 5.43 Å². The van der Waals surface area contributed by atoms with Crippen LogP contribution in [0.4, 0.5) is 0 Å². The largest absolute Gasteiger partial charge is 0.342 e. The van der Waals surface area contributed by atoms with E-state index in [0.717, 1.165) is 30.2 Å². The Hall–Kier alpha value is -2.53. The molecule has 0 radical (unpaired) electrons. The van der Waals surface area contributed by atoms with Gasteiger partial charge in [-0.05, 0) is 25.0 Å². The van der Waals surface area contributed by atoms with E-state index in [1.54, 1.807) is 35.2 Å². The molecule has 1 aromatic rings. The van der Waals surface area contributed by atoms with Crippen LogP contribution in [0.1, 0.15) is 69.2 Å². The Morgan fingerprint density at radius 3 is 2.20 bits per heavy atom. The van der Waals surface area contributed by atoms with Gasteiger partial charge in [-0.1, -0.05) is 54.8 Å². The Morgan fingerprint density at radius 2 is 1.67 bits per heavy atom. The maximum absolute atomic E-state index is 12.9. The van der Waals surface area contributed by atoms with Crippen molar-refractivity contribution in [2.24, 2.45) is 5.10 Å². The Kier molecular flexibility index (Phi) is 12.3. The Labute approximate surface area is 186 Å². The Balaban J connectivity index is 2.95. The number of carbonyl (C=O) groups is 3. The normalized spacial score (nSPS) is 10.9. The molecule has 0 saturated heterocycles. The van der Waals surface area contributed by atoms with Gasteiger partial charge in [0.15, 0.2) is 5.78 Å². The molecule has 1 N–H and O–H groups in total. The minimum atomic E-state index is -0.577. The number of rotatable bonds is 13. The molecule has 0 aliphatic heterocycles. The highest BCUT2D eigenvalue weighted by molar-refractivity contribution is 9.10. The molecule has 0 spiro atoms. The molecule has 0 aliphatic rings. The molecule has 0 fully saturated rings. The van der Waals surface area contributed by atoms with Crippen LogP contribution in [0.5, 0.6) is 0 Å². The lowest BCUT2D eigenvalue weighted by atomic mass is 10.0. The number of nitrogens with one attached hydrogen (secondary N) is 1. The highest BCUT2D eigenvalue weighted by Gasteiger charge is 2.19. The van der Waals surface area contributed by atoms with Crippen LogP contribution in [-0.2, 0) is 9.59 Å². The molecule has 0 heterocycles. The maximum atomic E-state index is 12.9. The van der Waals surface area contributed by atoms with E-state index in [2.05, 4.69) is 40.3 Å². The Bertz CT molecular complexity index is 777. The summed E-state index contributed by atoms with van der Waals surface area (Å²) >= 11 is 3.33. The van der Waals surface area contributed by atoms with E-state index in [-0.39, 0.29) is 36.7 Å². The van der Waals surface area contributed by atoms with Crippen molar-refractivity contribution in [3.05, 3.63) is 34.3 Å². The van der Waals surface area contributed by atoms with Gasteiger partial charge in [0.2, 0.25) is 5.91 Å². The summed E-state index contributed by atoms with van der Waals surface area (Å²) in [5.41, 5.74) is 3.05. The van der Waals surface area contributed by atoms with E-state index < -0.39 is 5.91 Å². The summed E-state index contributed by atoms with van der Waals surface area (Å²) in [5, 5.41) is 12.6. The molecule has 0 aromatic heterocycles. The molecule has 1 aromatic carbocycles. The fourth-order valence-electron chi connectivity index (χ4n) is 2.66. The number of benzene rings is 1. The summed E-state index contributed by atoms with van der Waals surface area (Å²) in [6.07, 6.45) is 3.27. The lowest BCUT2D eigenvalue weighted by Gasteiger charge is -2.22. The summed E-state index contributed by atoms with van der Waals surface area (Å²) in [4.78, 5) is 38.9. The van der Waals surface area contributed by atoms with Crippen LogP contribution in [0.15, 0.2) is 33.8 Å². The molecule has 0 aliphatic carbocycles. The van der Waals surface area contributed by atoms with Crippen molar-refractivity contribution in [3.63, 3.8) is 0 Å².